The molecule has 0 unspecified atom stereocenters. The predicted octanol–water partition coefficient (Wildman–Crippen LogP) is 1.16. The van der Waals surface area contributed by atoms with Gasteiger partial charge in [0.15, 0.2) is 5.82 Å². The van der Waals surface area contributed by atoms with Crippen LogP contribution >= 0.6 is 0 Å². The van der Waals surface area contributed by atoms with E-state index < -0.39 is 0 Å². The number of carbonyl (C=O) groups excluding carboxylic acids is 1. The van der Waals surface area contributed by atoms with Crippen LogP contribution in [0.15, 0.2) is 4.52 Å². The lowest BCUT2D eigenvalue weighted by Crippen LogP contribution is -2.40. The van der Waals surface area contributed by atoms with Crippen LogP contribution in [-0.2, 0) is 22.5 Å². The topological polar surface area (TPSA) is 68.5 Å². The molecular formula is C12H19N3O3. The van der Waals surface area contributed by atoms with Crippen molar-refractivity contribution in [1.29, 1.82) is 0 Å². The molecule has 1 aromatic rings. The fourth-order valence-electron chi connectivity index (χ4n) is 1.95. The van der Waals surface area contributed by atoms with Gasteiger partial charge in [-0.1, -0.05) is 12.1 Å². The van der Waals surface area contributed by atoms with Crippen LogP contribution < -0.4 is 0 Å². The summed E-state index contributed by atoms with van der Waals surface area (Å²) in [6.07, 6.45) is 2.96. The zero-order valence-corrected chi connectivity index (χ0v) is 11.0. The van der Waals surface area contributed by atoms with Crippen LogP contribution in [0.4, 0.5) is 0 Å². The smallest absolute Gasteiger partial charge is 0.322 e. The predicted molar refractivity (Wildman–Crippen MR) is 63.7 cm³/mol. The molecule has 1 aliphatic rings. The lowest BCUT2D eigenvalue weighted by Gasteiger charge is -2.25. The van der Waals surface area contributed by atoms with Crippen LogP contribution in [0, 0.1) is 0 Å². The second-order valence-electron chi connectivity index (χ2n) is 4.56. The Morgan fingerprint density at radius 1 is 1.61 bits per heavy atom. The van der Waals surface area contributed by atoms with E-state index in [-0.39, 0.29) is 12.0 Å². The molecule has 0 bridgehead atoms. The molecule has 1 aromatic heterocycles. The second-order valence-corrected chi connectivity index (χ2v) is 4.56. The summed E-state index contributed by atoms with van der Waals surface area (Å²) >= 11 is 0. The van der Waals surface area contributed by atoms with Crippen molar-refractivity contribution in [3.63, 3.8) is 0 Å². The Labute approximate surface area is 106 Å². The van der Waals surface area contributed by atoms with E-state index in [1.165, 1.54) is 7.11 Å². The molecule has 0 aromatic carbocycles. The molecular weight excluding hydrogens is 234 g/mol. The lowest BCUT2D eigenvalue weighted by atomic mass is 10.2. The summed E-state index contributed by atoms with van der Waals surface area (Å²) in [5.74, 6) is 1.04. The highest BCUT2D eigenvalue weighted by molar-refractivity contribution is 5.75. The Morgan fingerprint density at radius 3 is 2.83 bits per heavy atom. The first kappa shape index (κ1) is 13.0. The zero-order valence-electron chi connectivity index (χ0n) is 11.0. The van der Waals surface area contributed by atoms with Gasteiger partial charge in [0, 0.05) is 12.5 Å². The molecule has 0 spiro atoms. The molecule has 0 aliphatic heterocycles. The molecule has 1 saturated carbocycles. The highest BCUT2D eigenvalue weighted by Gasteiger charge is 2.36. The Hall–Kier alpha value is -1.43. The minimum absolute atomic E-state index is 0.225. The quantitative estimate of drug-likeness (QED) is 0.709. The van der Waals surface area contributed by atoms with Gasteiger partial charge in [-0.05, 0) is 19.8 Å². The summed E-state index contributed by atoms with van der Waals surface area (Å²) in [6.45, 7) is 4.33. The van der Waals surface area contributed by atoms with Crippen molar-refractivity contribution >= 4 is 5.97 Å². The van der Waals surface area contributed by atoms with Crippen LogP contribution in [0.5, 0.6) is 0 Å². The van der Waals surface area contributed by atoms with Gasteiger partial charge >= 0.3 is 5.97 Å². The van der Waals surface area contributed by atoms with Crippen LogP contribution in [0.25, 0.3) is 0 Å². The van der Waals surface area contributed by atoms with Gasteiger partial charge in [-0.3, -0.25) is 9.69 Å². The molecule has 100 valence electrons. The first-order valence-electron chi connectivity index (χ1n) is 6.30. The summed E-state index contributed by atoms with van der Waals surface area (Å²) in [7, 11) is 1.41. The largest absolute Gasteiger partial charge is 0.468 e. The monoisotopic (exact) mass is 253 g/mol. The summed E-state index contributed by atoms with van der Waals surface area (Å²) in [4.78, 5) is 17.9. The molecule has 1 heterocycles. The van der Waals surface area contributed by atoms with Crippen molar-refractivity contribution in [2.45, 2.75) is 51.7 Å². The van der Waals surface area contributed by atoms with Crippen molar-refractivity contribution in [1.82, 2.24) is 15.0 Å². The Bertz CT molecular complexity index is 414. The number of ether oxygens (including phenoxy) is 1. The molecule has 1 fully saturated rings. The second kappa shape index (κ2) is 5.48. The number of rotatable bonds is 6. The third-order valence-corrected chi connectivity index (χ3v) is 3.20. The molecule has 2 rings (SSSR count). The number of hydrogen-bond donors (Lipinski definition) is 0. The number of esters is 1. The molecule has 0 radical (unpaired) electrons. The first-order chi connectivity index (χ1) is 8.65. The van der Waals surface area contributed by atoms with E-state index >= 15 is 0 Å². The SMILES string of the molecule is CCc1noc(CN(C2CC2)[C@H](C)C(=O)OC)n1. The highest BCUT2D eigenvalue weighted by atomic mass is 16.5. The number of nitrogens with zero attached hydrogens (tertiary/aromatic N) is 3. The Morgan fingerprint density at radius 2 is 2.33 bits per heavy atom. The molecule has 18 heavy (non-hydrogen) atoms. The summed E-state index contributed by atoms with van der Waals surface area (Å²) in [5, 5.41) is 3.86. The van der Waals surface area contributed by atoms with Crippen LogP contribution in [0.1, 0.15) is 38.4 Å². The Kier molecular flexibility index (Phi) is 3.96. The Balaban J connectivity index is 2.04. The molecule has 0 saturated heterocycles. The minimum atomic E-state index is -0.278. The van der Waals surface area contributed by atoms with Crippen molar-refractivity contribution in [2.75, 3.05) is 7.11 Å². The van der Waals surface area contributed by atoms with Gasteiger partial charge in [-0.25, -0.2) is 0 Å². The lowest BCUT2D eigenvalue weighted by molar-refractivity contribution is -0.147. The number of methoxy groups -OCH3 is 1. The summed E-state index contributed by atoms with van der Waals surface area (Å²) in [6, 6.07) is 0.149. The maximum atomic E-state index is 11.6. The molecule has 1 atom stereocenters. The third-order valence-electron chi connectivity index (χ3n) is 3.20. The standard InChI is InChI=1S/C12H19N3O3/c1-4-10-13-11(18-14-10)7-15(9-5-6-9)8(2)12(16)17-3/h8-9H,4-7H2,1-3H3/t8-/m1/s1. The molecule has 0 N–H and O–H groups in total. The number of aryl methyl sites for hydroxylation is 1. The van der Waals surface area contributed by atoms with Crippen LogP contribution in [0.2, 0.25) is 0 Å². The normalized spacial score (nSPS) is 16.9. The van der Waals surface area contributed by atoms with Gasteiger partial charge in [-0.2, -0.15) is 4.98 Å². The van der Waals surface area contributed by atoms with E-state index in [1.807, 2.05) is 13.8 Å². The van der Waals surface area contributed by atoms with Gasteiger partial charge in [0.2, 0.25) is 5.89 Å². The van der Waals surface area contributed by atoms with E-state index in [4.69, 9.17) is 9.26 Å². The first-order valence-corrected chi connectivity index (χ1v) is 6.30. The third kappa shape index (κ3) is 2.87. The van der Waals surface area contributed by atoms with Crippen molar-refractivity contribution in [3.05, 3.63) is 11.7 Å². The maximum Gasteiger partial charge on any atom is 0.322 e. The van der Waals surface area contributed by atoms with Crippen LogP contribution in [-0.4, -0.2) is 40.2 Å². The van der Waals surface area contributed by atoms with Gasteiger partial charge in [0.05, 0.1) is 13.7 Å². The minimum Gasteiger partial charge on any atom is -0.468 e. The average Bonchev–Trinajstić information content (AvgIpc) is 3.13. The molecule has 6 nitrogen and oxygen atoms in total. The molecule has 1 aliphatic carbocycles. The van der Waals surface area contributed by atoms with Crippen LogP contribution in [0.3, 0.4) is 0 Å². The van der Waals surface area contributed by atoms with E-state index in [9.17, 15) is 4.79 Å². The van der Waals surface area contributed by atoms with Gasteiger partial charge in [-0.15, -0.1) is 0 Å². The van der Waals surface area contributed by atoms with E-state index in [2.05, 4.69) is 15.0 Å². The van der Waals surface area contributed by atoms with E-state index in [0.717, 1.165) is 19.3 Å². The number of aromatic nitrogens is 2. The van der Waals surface area contributed by atoms with E-state index in [1.54, 1.807) is 0 Å². The molecule has 0 amide bonds. The van der Waals surface area contributed by atoms with Crippen molar-refractivity contribution in [2.24, 2.45) is 0 Å². The summed E-state index contributed by atoms with van der Waals surface area (Å²) in [5.41, 5.74) is 0. The van der Waals surface area contributed by atoms with Gasteiger partial charge in [0.25, 0.3) is 0 Å². The van der Waals surface area contributed by atoms with Crippen molar-refractivity contribution < 1.29 is 14.1 Å². The zero-order chi connectivity index (χ0) is 13.1. The molecule has 6 heteroatoms. The highest BCUT2D eigenvalue weighted by Crippen LogP contribution is 2.30. The number of carbonyl (C=O) groups is 1. The van der Waals surface area contributed by atoms with Crippen molar-refractivity contribution in [3.8, 4) is 0 Å². The van der Waals surface area contributed by atoms with E-state index in [0.29, 0.717) is 24.3 Å². The van der Waals surface area contributed by atoms with Gasteiger partial charge < -0.3 is 9.26 Å². The number of hydrogen-bond acceptors (Lipinski definition) is 6. The fraction of sp³-hybridized carbons (Fsp3) is 0.750. The maximum absolute atomic E-state index is 11.6. The van der Waals surface area contributed by atoms with Gasteiger partial charge in [0.1, 0.15) is 6.04 Å². The fourth-order valence-corrected chi connectivity index (χ4v) is 1.95. The average molecular weight is 253 g/mol. The summed E-state index contributed by atoms with van der Waals surface area (Å²) < 4.78 is 9.96.